The highest BCUT2D eigenvalue weighted by molar-refractivity contribution is 6.33. The number of nitrogens with two attached hydrogens (primary N) is 1. The van der Waals surface area contributed by atoms with Crippen molar-refractivity contribution in [2.75, 3.05) is 26.2 Å². The number of aromatic nitrogens is 3. The predicted octanol–water partition coefficient (Wildman–Crippen LogP) is 1.28. The number of allylic oxidation sites excluding steroid dienone is 1. The number of quaternary nitrogens is 1. The topological polar surface area (TPSA) is 97.5 Å². The Labute approximate surface area is 185 Å². The van der Waals surface area contributed by atoms with E-state index in [0.717, 1.165) is 72.6 Å². The Balaban J connectivity index is 1.39. The molecule has 0 bridgehead atoms. The van der Waals surface area contributed by atoms with Crippen LogP contribution in [-0.4, -0.2) is 46.3 Å². The number of H-pyrrole nitrogens is 1. The molecule has 0 amide bonds. The molecule has 8 nitrogen and oxygen atoms in total. The maximum Gasteiger partial charge on any atom is 0.237 e. The number of benzene rings is 1. The first-order chi connectivity index (χ1) is 14.7. The molecule has 3 aliphatic rings. The van der Waals surface area contributed by atoms with Crippen LogP contribution < -0.4 is 21.5 Å². The Bertz CT molecular complexity index is 992. The lowest BCUT2D eigenvalue weighted by molar-refractivity contribution is -0.621. The molecule has 1 aromatic heterocycles. The van der Waals surface area contributed by atoms with Crippen LogP contribution >= 0.6 is 23.2 Å². The summed E-state index contributed by atoms with van der Waals surface area (Å²) in [6, 6.07) is 5.59. The van der Waals surface area contributed by atoms with Crippen molar-refractivity contribution >= 4 is 28.9 Å². The van der Waals surface area contributed by atoms with Crippen LogP contribution in [0.3, 0.4) is 0 Å². The molecule has 3 aliphatic heterocycles. The lowest BCUT2D eigenvalue weighted by Gasteiger charge is -2.34. The Morgan fingerprint density at radius 2 is 2.03 bits per heavy atom. The quantitative estimate of drug-likeness (QED) is 0.453. The zero-order valence-corrected chi connectivity index (χ0v) is 18.0. The summed E-state index contributed by atoms with van der Waals surface area (Å²) in [6.45, 7) is 4.45. The van der Waals surface area contributed by atoms with Gasteiger partial charge in [0.1, 0.15) is 5.82 Å². The largest absolute Gasteiger partial charge is 0.364 e. The number of hydrogen-bond acceptors (Lipinski definition) is 6. The minimum Gasteiger partial charge on any atom is -0.364 e. The van der Waals surface area contributed by atoms with Gasteiger partial charge in [-0.2, -0.15) is 0 Å². The summed E-state index contributed by atoms with van der Waals surface area (Å²) >= 11 is 12.6. The fourth-order valence-electron chi connectivity index (χ4n) is 4.16. The molecule has 30 heavy (non-hydrogen) atoms. The Morgan fingerprint density at radius 3 is 2.90 bits per heavy atom. The highest BCUT2D eigenvalue weighted by Crippen LogP contribution is 2.27. The third-order valence-electron chi connectivity index (χ3n) is 5.80. The van der Waals surface area contributed by atoms with Gasteiger partial charge in [0.15, 0.2) is 5.82 Å². The molecule has 0 atom stereocenters. The SMILES string of the molecule is Clc1ccc(Cl)c(CN2CCNC3=C2C=C(c2n[nH]c(C4CCNCC4)n2)[NH2+]N3)c1. The van der Waals surface area contributed by atoms with E-state index < -0.39 is 0 Å². The smallest absolute Gasteiger partial charge is 0.237 e. The van der Waals surface area contributed by atoms with Crippen molar-refractivity contribution < 1.29 is 5.43 Å². The van der Waals surface area contributed by atoms with Crippen molar-refractivity contribution in [2.24, 2.45) is 0 Å². The van der Waals surface area contributed by atoms with Gasteiger partial charge in [0, 0.05) is 41.7 Å². The molecule has 1 aromatic carbocycles. The number of piperidine rings is 1. The summed E-state index contributed by atoms with van der Waals surface area (Å²) < 4.78 is 0. The van der Waals surface area contributed by atoms with Gasteiger partial charge in [0.25, 0.3) is 0 Å². The lowest BCUT2D eigenvalue weighted by atomic mass is 9.98. The standard InChI is InChI=1S/C20H24Cl2N8/c21-14-1-2-15(22)13(9-14)11-30-8-7-24-20-17(30)10-16(26-29-20)19-25-18(27-28-19)12-3-5-23-6-4-12/h1-2,9-10,12,23-24,26,29H,3-8,11H2,(H,25,27,28)/p+1. The third kappa shape index (κ3) is 4.00. The molecule has 0 radical (unpaired) electrons. The van der Waals surface area contributed by atoms with Crippen LogP contribution in [0.25, 0.3) is 5.70 Å². The van der Waals surface area contributed by atoms with E-state index in [9.17, 15) is 0 Å². The molecule has 0 saturated carbocycles. The number of rotatable bonds is 4. The maximum absolute atomic E-state index is 6.41. The molecular weight excluding hydrogens is 423 g/mol. The monoisotopic (exact) mass is 447 g/mol. The van der Waals surface area contributed by atoms with Crippen molar-refractivity contribution in [3.63, 3.8) is 0 Å². The van der Waals surface area contributed by atoms with Crippen molar-refractivity contribution in [1.29, 1.82) is 0 Å². The van der Waals surface area contributed by atoms with Crippen LogP contribution in [-0.2, 0) is 6.54 Å². The molecular formula is C20H25Cl2N8+. The maximum atomic E-state index is 6.41. The van der Waals surface area contributed by atoms with Crippen LogP contribution in [0.5, 0.6) is 0 Å². The first kappa shape index (κ1) is 19.7. The number of hydrogen-bond donors (Lipinski definition) is 5. The number of nitrogens with zero attached hydrogens (tertiary/aromatic N) is 3. The first-order valence-electron chi connectivity index (χ1n) is 10.3. The minimum absolute atomic E-state index is 0.442. The van der Waals surface area contributed by atoms with Crippen LogP contribution in [0.2, 0.25) is 10.0 Å². The zero-order valence-electron chi connectivity index (χ0n) is 16.5. The van der Waals surface area contributed by atoms with Gasteiger partial charge in [-0.1, -0.05) is 23.2 Å². The van der Waals surface area contributed by atoms with Crippen LogP contribution in [0.15, 0.2) is 35.8 Å². The van der Waals surface area contributed by atoms with E-state index in [0.29, 0.717) is 23.3 Å². The molecule has 2 aromatic rings. The van der Waals surface area contributed by atoms with E-state index in [4.69, 9.17) is 28.2 Å². The Hall–Kier alpha value is -2.26. The van der Waals surface area contributed by atoms with Crippen molar-refractivity contribution in [3.05, 3.63) is 63.1 Å². The zero-order chi connectivity index (χ0) is 20.5. The molecule has 0 unspecified atom stereocenters. The molecule has 158 valence electrons. The van der Waals surface area contributed by atoms with E-state index in [1.54, 1.807) is 0 Å². The van der Waals surface area contributed by atoms with E-state index >= 15 is 0 Å². The summed E-state index contributed by atoms with van der Waals surface area (Å²) in [5.41, 5.74) is 8.36. The molecule has 1 saturated heterocycles. The van der Waals surface area contributed by atoms with Gasteiger partial charge < -0.3 is 15.5 Å². The molecule has 10 heteroatoms. The summed E-state index contributed by atoms with van der Waals surface area (Å²) in [5.74, 6) is 3.12. The molecule has 1 fully saturated rings. The van der Waals surface area contributed by atoms with Gasteiger partial charge in [-0.05, 0) is 49.7 Å². The van der Waals surface area contributed by atoms with Gasteiger partial charge in [-0.15, -0.1) is 5.10 Å². The molecule has 6 N–H and O–H groups in total. The second kappa shape index (κ2) is 8.47. The Morgan fingerprint density at radius 1 is 1.17 bits per heavy atom. The number of nitrogens with one attached hydrogen (secondary N) is 4. The number of halogens is 2. The van der Waals surface area contributed by atoms with Crippen LogP contribution in [0.4, 0.5) is 0 Å². The van der Waals surface area contributed by atoms with Gasteiger partial charge >= 0.3 is 0 Å². The van der Waals surface area contributed by atoms with E-state index in [-0.39, 0.29) is 0 Å². The molecule has 5 rings (SSSR count). The van der Waals surface area contributed by atoms with Gasteiger partial charge in [0.2, 0.25) is 11.5 Å². The van der Waals surface area contributed by atoms with Gasteiger partial charge in [-0.3, -0.25) is 5.10 Å². The number of aromatic amines is 1. The van der Waals surface area contributed by atoms with E-state index in [1.807, 2.05) is 23.6 Å². The fourth-order valence-corrected chi connectivity index (χ4v) is 4.53. The van der Waals surface area contributed by atoms with Crippen molar-refractivity contribution in [2.45, 2.75) is 25.3 Å². The van der Waals surface area contributed by atoms with Crippen molar-refractivity contribution in [3.8, 4) is 0 Å². The molecule has 4 heterocycles. The summed E-state index contributed by atoms with van der Waals surface area (Å²) in [6.07, 6.45) is 4.30. The normalized spacial score (nSPS) is 19.8. The summed E-state index contributed by atoms with van der Waals surface area (Å²) in [5, 5.41) is 15.9. The van der Waals surface area contributed by atoms with E-state index in [2.05, 4.69) is 37.2 Å². The highest BCUT2D eigenvalue weighted by atomic mass is 35.5. The first-order valence-corrected chi connectivity index (χ1v) is 11.0. The van der Waals surface area contributed by atoms with Gasteiger partial charge in [0.05, 0.1) is 5.70 Å². The van der Waals surface area contributed by atoms with Crippen LogP contribution in [0.1, 0.15) is 36.0 Å². The summed E-state index contributed by atoms with van der Waals surface area (Å²) in [4.78, 5) is 7.09. The fraction of sp³-hybridized carbons (Fsp3) is 0.400. The van der Waals surface area contributed by atoms with Crippen LogP contribution in [0, 0.1) is 0 Å². The molecule has 0 spiro atoms. The third-order valence-corrected chi connectivity index (χ3v) is 6.40. The second-order valence-corrected chi connectivity index (χ2v) is 8.64. The Kier molecular flexibility index (Phi) is 5.56. The second-order valence-electron chi connectivity index (χ2n) is 7.80. The predicted molar refractivity (Wildman–Crippen MR) is 116 cm³/mol. The average Bonchev–Trinajstić information content (AvgIpc) is 3.27. The highest BCUT2D eigenvalue weighted by Gasteiger charge is 2.28. The minimum atomic E-state index is 0.442. The van der Waals surface area contributed by atoms with E-state index in [1.165, 1.54) is 0 Å². The average molecular weight is 448 g/mol. The van der Waals surface area contributed by atoms with Crippen molar-refractivity contribution in [1.82, 2.24) is 36.1 Å². The lowest BCUT2D eigenvalue weighted by Crippen LogP contribution is -2.92. The summed E-state index contributed by atoms with van der Waals surface area (Å²) in [7, 11) is 0. The molecule has 0 aliphatic carbocycles. The van der Waals surface area contributed by atoms with Gasteiger partial charge in [-0.25, -0.2) is 15.8 Å².